The summed E-state index contributed by atoms with van der Waals surface area (Å²) in [6.07, 6.45) is 5.74. The van der Waals surface area contributed by atoms with Crippen molar-refractivity contribution < 1.29 is 4.79 Å². The fraction of sp³-hybridized carbons (Fsp3) is 0.125. The van der Waals surface area contributed by atoms with Gasteiger partial charge in [-0.25, -0.2) is 4.68 Å². The number of pyridine rings is 1. The van der Waals surface area contributed by atoms with Gasteiger partial charge in [-0.2, -0.15) is 5.10 Å². The number of amides is 1. The topological polar surface area (TPSA) is 59.8 Å². The molecular formula is C24H22N4O. The molecule has 4 aromatic rings. The van der Waals surface area contributed by atoms with Gasteiger partial charge in [0.1, 0.15) is 0 Å². The van der Waals surface area contributed by atoms with Crippen molar-refractivity contribution in [2.45, 2.75) is 18.9 Å². The second-order valence-corrected chi connectivity index (χ2v) is 6.78. The molecule has 1 N–H and O–H groups in total. The minimum absolute atomic E-state index is 0.0141. The van der Waals surface area contributed by atoms with Gasteiger partial charge in [0.25, 0.3) is 0 Å². The minimum Gasteiger partial charge on any atom is -0.352 e. The summed E-state index contributed by atoms with van der Waals surface area (Å²) in [5.41, 5.74) is 3.95. The maximum Gasteiger partial charge on any atom is 0.221 e. The summed E-state index contributed by atoms with van der Waals surface area (Å²) in [6, 6.07) is 25.7. The molecule has 5 nitrogen and oxygen atoms in total. The van der Waals surface area contributed by atoms with Gasteiger partial charge in [-0.05, 0) is 35.4 Å². The molecule has 0 saturated carbocycles. The van der Waals surface area contributed by atoms with Crippen LogP contribution in [-0.2, 0) is 11.3 Å². The summed E-state index contributed by atoms with van der Waals surface area (Å²) >= 11 is 0. The van der Waals surface area contributed by atoms with Gasteiger partial charge in [0.2, 0.25) is 5.91 Å². The maximum atomic E-state index is 12.8. The quantitative estimate of drug-likeness (QED) is 0.523. The lowest BCUT2D eigenvalue weighted by Crippen LogP contribution is -2.25. The van der Waals surface area contributed by atoms with Gasteiger partial charge in [-0.1, -0.05) is 54.6 Å². The first-order chi connectivity index (χ1) is 14.3. The van der Waals surface area contributed by atoms with Crippen molar-refractivity contribution >= 4 is 5.91 Å². The van der Waals surface area contributed by atoms with E-state index in [0.29, 0.717) is 13.0 Å². The molecule has 0 aliphatic rings. The van der Waals surface area contributed by atoms with Gasteiger partial charge in [0.15, 0.2) is 0 Å². The lowest BCUT2D eigenvalue weighted by Gasteiger charge is -2.17. The maximum absolute atomic E-state index is 12.8. The fourth-order valence-electron chi connectivity index (χ4n) is 3.41. The first kappa shape index (κ1) is 18.6. The molecule has 144 valence electrons. The van der Waals surface area contributed by atoms with Crippen molar-refractivity contribution in [2.24, 2.45) is 0 Å². The molecule has 1 atom stereocenters. The predicted molar refractivity (Wildman–Crippen MR) is 113 cm³/mol. The minimum atomic E-state index is -0.0845. The Morgan fingerprint density at radius 3 is 2.45 bits per heavy atom. The van der Waals surface area contributed by atoms with Crippen LogP contribution in [0.15, 0.2) is 97.5 Å². The van der Waals surface area contributed by atoms with Gasteiger partial charge in [0.05, 0.1) is 5.69 Å². The first-order valence-corrected chi connectivity index (χ1v) is 9.62. The number of benzene rings is 2. The highest BCUT2D eigenvalue weighted by Gasteiger charge is 2.19. The molecule has 2 aromatic carbocycles. The van der Waals surface area contributed by atoms with E-state index in [2.05, 4.69) is 15.4 Å². The zero-order valence-electron chi connectivity index (χ0n) is 16.0. The van der Waals surface area contributed by atoms with E-state index in [0.717, 1.165) is 22.5 Å². The number of aromatic nitrogens is 3. The van der Waals surface area contributed by atoms with Crippen LogP contribution in [0.3, 0.4) is 0 Å². The first-order valence-electron chi connectivity index (χ1n) is 9.62. The van der Waals surface area contributed by atoms with E-state index in [-0.39, 0.29) is 11.8 Å². The van der Waals surface area contributed by atoms with Gasteiger partial charge < -0.3 is 5.32 Å². The molecule has 0 bridgehead atoms. The van der Waals surface area contributed by atoms with Gasteiger partial charge in [0, 0.05) is 43.2 Å². The van der Waals surface area contributed by atoms with Crippen LogP contribution in [0.25, 0.3) is 5.69 Å². The predicted octanol–water partition coefficient (Wildman–Crippen LogP) is 4.11. The van der Waals surface area contributed by atoms with Crippen molar-refractivity contribution in [1.82, 2.24) is 20.1 Å². The van der Waals surface area contributed by atoms with E-state index in [1.807, 2.05) is 89.7 Å². The molecule has 2 heterocycles. The van der Waals surface area contributed by atoms with E-state index in [4.69, 9.17) is 0 Å². The third kappa shape index (κ3) is 4.58. The Kier molecular flexibility index (Phi) is 5.76. The number of nitrogens with one attached hydrogen (secondary N) is 1. The van der Waals surface area contributed by atoms with Crippen LogP contribution in [0.2, 0.25) is 0 Å². The van der Waals surface area contributed by atoms with Crippen LogP contribution in [0.1, 0.15) is 29.2 Å². The number of hydrogen-bond acceptors (Lipinski definition) is 3. The molecule has 5 heteroatoms. The Bertz CT molecular complexity index is 1010. The van der Waals surface area contributed by atoms with E-state index in [9.17, 15) is 4.79 Å². The third-order valence-electron chi connectivity index (χ3n) is 4.86. The lowest BCUT2D eigenvalue weighted by molar-refractivity contribution is -0.121. The lowest BCUT2D eigenvalue weighted by atomic mass is 9.91. The van der Waals surface area contributed by atoms with Crippen LogP contribution >= 0.6 is 0 Å². The normalized spacial score (nSPS) is 11.7. The molecule has 1 amide bonds. The average molecular weight is 382 g/mol. The number of hydrogen-bond donors (Lipinski definition) is 1. The van der Waals surface area contributed by atoms with Gasteiger partial charge >= 0.3 is 0 Å². The molecule has 0 aliphatic heterocycles. The number of carbonyl (C=O) groups is 1. The summed E-state index contributed by atoms with van der Waals surface area (Å²) in [7, 11) is 0. The van der Waals surface area contributed by atoms with E-state index < -0.39 is 0 Å². The Hall–Kier alpha value is -3.73. The van der Waals surface area contributed by atoms with Gasteiger partial charge in [-0.3, -0.25) is 9.78 Å². The molecule has 4 rings (SSSR count). The molecule has 0 fully saturated rings. The van der Waals surface area contributed by atoms with Crippen molar-refractivity contribution in [3.8, 4) is 5.69 Å². The van der Waals surface area contributed by atoms with Crippen LogP contribution in [-0.4, -0.2) is 20.7 Å². The second kappa shape index (κ2) is 8.97. The highest BCUT2D eigenvalue weighted by molar-refractivity contribution is 5.77. The SMILES string of the molecule is O=C(C[C@H](c1ccccc1)c1ccccn1)NCc1ccccc1-n1cccn1. The summed E-state index contributed by atoms with van der Waals surface area (Å²) in [5, 5.41) is 7.36. The molecule has 29 heavy (non-hydrogen) atoms. The van der Waals surface area contributed by atoms with Crippen LogP contribution < -0.4 is 5.32 Å². The monoisotopic (exact) mass is 382 g/mol. The highest BCUT2D eigenvalue weighted by atomic mass is 16.1. The summed E-state index contributed by atoms with van der Waals surface area (Å²) in [4.78, 5) is 17.3. The molecular weight excluding hydrogens is 360 g/mol. The smallest absolute Gasteiger partial charge is 0.221 e. The highest BCUT2D eigenvalue weighted by Crippen LogP contribution is 2.26. The largest absolute Gasteiger partial charge is 0.352 e. The standard InChI is InChI=1S/C24H22N4O/c29-24(26-18-20-11-4-5-13-23(20)28-16-8-15-27-28)17-21(19-9-2-1-3-10-19)22-12-6-7-14-25-22/h1-16,21H,17-18H2,(H,26,29)/t21-/m1/s1. The van der Waals surface area contributed by atoms with E-state index in [1.54, 1.807) is 12.4 Å². The van der Waals surface area contributed by atoms with Crippen molar-refractivity contribution in [1.29, 1.82) is 0 Å². The number of nitrogens with zero attached hydrogens (tertiary/aromatic N) is 3. The van der Waals surface area contributed by atoms with Crippen molar-refractivity contribution in [2.75, 3.05) is 0 Å². The number of para-hydroxylation sites is 1. The average Bonchev–Trinajstić information content (AvgIpc) is 3.32. The Morgan fingerprint density at radius 1 is 0.897 bits per heavy atom. The van der Waals surface area contributed by atoms with Crippen molar-refractivity contribution in [3.05, 3.63) is 114 Å². The zero-order chi connectivity index (χ0) is 19.9. The molecule has 0 aliphatic carbocycles. The summed E-state index contributed by atoms with van der Waals surface area (Å²) in [5.74, 6) is -0.0986. The Labute approximate surface area is 170 Å². The molecule has 0 saturated heterocycles. The molecule has 0 unspecified atom stereocenters. The van der Waals surface area contributed by atoms with Crippen molar-refractivity contribution in [3.63, 3.8) is 0 Å². The fourth-order valence-corrected chi connectivity index (χ4v) is 3.41. The summed E-state index contributed by atoms with van der Waals surface area (Å²) < 4.78 is 1.81. The third-order valence-corrected chi connectivity index (χ3v) is 4.86. The zero-order valence-corrected chi connectivity index (χ0v) is 16.0. The summed E-state index contributed by atoms with van der Waals surface area (Å²) in [6.45, 7) is 0.443. The van der Waals surface area contributed by atoms with Gasteiger partial charge in [-0.15, -0.1) is 0 Å². The Balaban J connectivity index is 1.49. The Morgan fingerprint density at radius 2 is 1.69 bits per heavy atom. The van der Waals surface area contributed by atoms with E-state index in [1.165, 1.54) is 0 Å². The number of rotatable bonds is 7. The van der Waals surface area contributed by atoms with E-state index >= 15 is 0 Å². The molecule has 0 radical (unpaired) electrons. The van der Waals surface area contributed by atoms with Crippen LogP contribution in [0.5, 0.6) is 0 Å². The molecule has 0 spiro atoms. The molecule has 2 aromatic heterocycles. The van der Waals surface area contributed by atoms with Crippen LogP contribution in [0, 0.1) is 0 Å². The van der Waals surface area contributed by atoms with Crippen LogP contribution in [0.4, 0.5) is 0 Å². The second-order valence-electron chi connectivity index (χ2n) is 6.78. The number of carbonyl (C=O) groups excluding carboxylic acids is 1.